The zero-order chi connectivity index (χ0) is 12.9. The van der Waals surface area contributed by atoms with Gasteiger partial charge in [-0.25, -0.2) is 4.79 Å². The third-order valence-electron chi connectivity index (χ3n) is 2.59. The Morgan fingerprint density at radius 2 is 1.50 bits per heavy atom. The van der Waals surface area contributed by atoms with Crippen LogP contribution in [0.25, 0.3) is 0 Å². The van der Waals surface area contributed by atoms with Gasteiger partial charge in [0, 0.05) is 12.1 Å². The Morgan fingerprint density at radius 1 is 1.06 bits per heavy atom. The Balaban J connectivity index is 4.40. The Hall–Kier alpha value is -0.990. The van der Waals surface area contributed by atoms with Crippen LogP contribution >= 0.6 is 0 Å². The van der Waals surface area contributed by atoms with E-state index in [0.29, 0.717) is 6.61 Å². The number of hydrogen-bond donors (Lipinski definition) is 0. The van der Waals surface area contributed by atoms with Crippen LogP contribution in [0.3, 0.4) is 0 Å². The number of rotatable bonds is 4. The van der Waals surface area contributed by atoms with Crippen LogP contribution in [0.2, 0.25) is 0 Å². The molecule has 0 unspecified atom stereocenters. The lowest BCUT2D eigenvalue weighted by molar-refractivity contribution is 0.0856. The van der Waals surface area contributed by atoms with Crippen molar-refractivity contribution in [3.63, 3.8) is 0 Å². The average molecular weight is 227 g/mol. The van der Waals surface area contributed by atoms with Crippen molar-refractivity contribution in [3.8, 4) is 0 Å². The van der Waals surface area contributed by atoms with Gasteiger partial charge in [0.15, 0.2) is 0 Å². The lowest BCUT2D eigenvalue weighted by atomic mass is 10.2. The first-order valence-corrected chi connectivity index (χ1v) is 5.85. The van der Waals surface area contributed by atoms with E-state index in [1.54, 1.807) is 4.90 Å². The van der Waals surface area contributed by atoms with Gasteiger partial charge in [0.1, 0.15) is 6.61 Å². The normalized spacial score (nSPS) is 10.6. The molecule has 0 heterocycles. The van der Waals surface area contributed by atoms with Crippen molar-refractivity contribution in [1.82, 2.24) is 4.90 Å². The fourth-order valence-electron chi connectivity index (χ4n) is 1.41. The van der Waals surface area contributed by atoms with E-state index >= 15 is 0 Å². The van der Waals surface area contributed by atoms with Gasteiger partial charge < -0.3 is 9.64 Å². The predicted octanol–water partition coefficient (Wildman–Crippen LogP) is 3.60. The first-order valence-electron chi connectivity index (χ1n) is 5.85. The highest BCUT2D eigenvalue weighted by Crippen LogP contribution is 2.09. The Labute approximate surface area is 99.5 Å². The number of allylic oxidation sites excluding steroid dienone is 1. The molecule has 3 heteroatoms. The zero-order valence-corrected chi connectivity index (χ0v) is 11.6. The maximum atomic E-state index is 11.8. The van der Waals surface area contributed by atoms with Gasteiger partial charge in [-0.3, -0.25) is 0 Å². The molecule has 0 fully saturated rings. The highest BCUT2D eigenvalue weighted by molar-refractivity contribution is 5.68. The monoisotopic (exact) mass is 227 g/mol. The van der Waals surface area contributed by atoms with Crippen LogP contribution < -0.4 is 0 Å². The van der Waals surface area contributed by atoms with Crippen LogP contribution in [0.4, 0.5) is 4.79 Å². The second-order valence-electron chi connectivity index (χ2n) is 4.93. The smallest absolute Gasteiger partial charge is 0.410 e. The summed E-state index contributed by atoms with van der Waals surface area (Å²) in [6, 6.07) is 0.332. The summed E-state index contributed by atoms with van der Waals surface area (Å²) in [6.07, 6.45) is -0.231. The molecule has 0 spiro atoms. The van der Waals surface area contributed by atoms with Crippen molar-refractivity contribution in [2.75, 3.05) is 6.61 Å². The fraction of sp³-hybridized carbons (Fsp3) is 0.769. The first-order chi connectivity index (χ1) is 7.27. The summed E-state index contributed by atoms with van der Waals surface area (Å²) in [5.74, 6) is 0. The summed E-state index contributed by atoms with van der Waals surface area (Å²) in [5.41, 5.74) is 2.31. The van der Waals surface area contributed by atoms with Gasteiger partial charge in [0.25, 0.3) is 0 Å². The maximum absolute atomic E-state index is 11.8. The van der Waals surface area contributed by atoms with E-state index in [0.717, 1.165) is 5.57 Å². The van der Waals surface area contributed by atoms with E-state index in [2.05, 4.69) is 0 Å². The van der Waals surface area contributed by atoms with E-state index in [9.17, 15) is 4.79 Å². The van der Waals surface area contributed by atoms with Crippen LogP contribution in [0.5, 0.6) is 0 Å². The number of nitrogens with zero attached hydrogens (tertiary/aromatic N) is 1. The van der Waals surface area contributed by atoms with Crippen LogP contribution in [0.1, 0.15) is 48.5 Å². The van der Waals surface area contributed by atoms with E-state index in [-0.39, 0.29) is 18.2 Å². The van der Waals surface area contributed by atoms with E-state index in [1.165, 1.54) is 5.57 Å². The van der Waals surface area contributed by atoms with Crippen LogP contribution in [-0.2, 0) is 4.74 Å². The molecular formula is C13H25NO2. The molecule has 0 saturated carbocycles. The SMILES string of the molecule is CC(C)=C(C)COC(=O)N(C(C)C)C(C)C. The largest absolute Gasteiger partial charge is 0.445 e. The van der Waals surface area contributed by atoms with Gasteiger partial charge in [-0.15, -0.1) is 0 Å². The molecule has 0 aliphatic heterocycles. The quantitative estimate of drug-likeness (QED) is 0.687. The molecule has 0 rings (SSSR count). The summed E-state index contributed by atoms with van der Waals surface area (Å²) in [4.78, 5) is 13.6. The van der Waals surface area contributed by atoms with Crippen LogP contribution in [0.15, 0.2) is 11.1 Å². The molecule has 0 radical (unpaired) electrons. The van der Waals surface area contributed by atoms with E-state index in [4.69, 9.17) is 4.74 Å². The number of amides is 1. The third kappa shape index (κ3) is 4.69. The van der Waals surface area contributed by atoms with Gasteiger partial charge in [0.05, 0.1) is 0 Å². The van der Waals surface area contributed by atoms with Crippen molar-refractivity contribution >= 4 is 6.09 Å². The van der Waals surface area contributed by atoms with Crippen molar-refractivity contribution in [1.29, 1.82) is 0 Å². The van der Waals surface area contributed by atoms with Gasteiger partial charge in [0.2, 0.25) is 0 Å². The maximum Gasteiger partial charge on any atom is 0.410 e. The van der Waals surface area contributed by atoms with Crippen molar-refractivity contribution in [2.24, 2.45) is 0 Å². The van der Waals surface area contributed by atoms with Gasteiger partial charge in [-0.2, -0.15) is 0 Å². The third-order valence-corrected chi connectivity index (χ3v) is 2.59. The summed E-state index contributed by atoms with van der Waals surface area (Å²) in [6.45, 7) is 14.4. The highest BCUT2D eigenvalue weighted by atomic mass is 16.6. The molecule has 94 valence electrons. The Morgan fingerprint density at radius 3 is 1.81 bits per heavy atom. The summed E-state index contributed by atoms with van der Waals surface area (Å²) >= 11 is 0. The minimum atomic E-state index is -0.231. The molecule has 0 N–H and O–H groups in total. The van der Waals surface area contributed by atoms with Crippen LogP contribution in [0, 0.1) is 0 Å². The number of carbonyl (C=O) groups is 1. The summed E-state index contributed by atoms with van der Waals surface area (Å²) in [5, 5.41) is 0. The molecule has 0 aromatic rings. The second kappa shape index (κ2) is 6.56. The molecule has 3 nitrogen and oxygen atoms in total. The molecular weight excluding hydrogens is 202 g/mol. The minimum Gasteiger partial charge on any atom is -0.445 e. The molecule has 0 bridgehead atoms. The van der Waals surface area contributed by atoms with E-state index in [1.807, 2.05) is 48.5 Å². The number of ether oxygens (including phenoxy) is 1. The number of carbonyl (C=O) groups excluding carboxylic acids is 1. The van der Waals surface area contributed by atoms with Crippen molar-refractivity contribution < 1.29 is 9.53 Å². The van der Waals surface area contributed by atoms with Crippen molar-refractivity contribution in [2.45, 2.75) is 60.5 Å². The van der Waals surface area contributed by atoms with Crippen molar-refractivity contribution in [3.05, 3.63) is 11.1 Å². The molecule has 1 amide bonds. The number of hydrogen-bond acceptors (Lipinski definition) is 2. The predicted molar refractivity (Wildman–Crippen MR) is 67.5 cm³/mol. The van der Waals surface area contributed by atoms with Crippen LogP contribution in [-0.4, -0.2) is 29.7 Å². The molecule has 0 aliphatic carbocycles. The lowest BCUT2D eigenvalue weighted by Gasteiger charge is -2.29. The van der Waals surface area contributed by atoms with Gasteiger partial charge in [-0.05, 0) is 54.0 Å². The topological polar surface area (TPSA) is 29.5 Å². The summed E-state index contributed by atoms with van der Waals surface area (Å²) in [7, 11) is 0. The average Bonchev–Trinajstić information content (AvgIpc) is 2.12. The van der Waals surface area contributed by atoms with Gasteiger partial charge >= 0.3 is 6.09 Å². The lowest BCUT2D eigenvalue weighted by Crippen LogP contribution is -2.42. The fourth-order valence-corrected chi connectivity index (χ4v) is 1.41. The minimum absolute atomic E-state index is 0.166. The summed E-state index contributed by atoms with van der Waals surface area (Å²) < 4.78 is 5.28. The molecule has 0 aromatic carbocycles. The molecule has 0 aromatic heterocycles. The molecule has 16 heavy (non-hydrogen) atoms. The highest BCUT2D eigenvalue weighted by Gasteiger charge is 2.21. The van der Waals surface area contributed by atoms with E-state index < -0.39 is 0 Å². The zero-order valence-electron chi connectivity index (χ0n) is 11.6. The Kier molecular flexibility index (Phi) is 6.16. The molecule has 0 saturated heterocycles. The molecule has 0 atom stereocenters. The second-order valence-corrected chi connectivity index (χ2v) is 4.93. The first kappa shape index (κ1) is 15.0. The van der Waals surface area contributed by atoms with Gasteiger partial charge in [-0.1, -0.05) is 5.57 Å². The standard InChI is InChI=1S/C13H25NO2/c1-9(2)12(7)8-16-13(15)14(10(3)4)11(5)6/h10-11H,8H2,1-7H3. The molecule has 0 aliphatic rings. The Bertz CT molecular complexity index is 255.